The predicted octanol–water partition coefficient (Wildman–Crippen LogP) is 0.175. The van der Waals surface area contributed by atoms with E-state index in [1.54, 1.807) is 0 Å². The van der Waals surface area contributed by atoms with E-state index in [9.17, 15) is 22.9 Å². The van der Waals surface area contributed by atoms with Crippen LogP contribution in [0.3, 0.4) is 0 Å². The summed E-state index contributed by atoms with van der Waals surface area (Å²) in [6.45, 7) is 2.21. The van der Waals surface area contributed by atoms with Gasteiger partial charge >= 0.3 is 5.69 Å². The van der Waals surface area contributed by atoms with Gasteiger partial charge in [-0.05, 0) is 19.2 Å². The minimum absolute atomic E-state index is 0.443. The molecule has 1 aromatic carbocycles. The molecule has 0 aromatic heterocycles. The highest BCUT2D eigenvalue weighted by molar-refractivity contribution is 7.89. The maximum Gasteiger partial charge on any atom is 0.324 e. The van der Waals surface area contributed by atoms with Crippen LogP contribution in [0.4, 0.5) is 10.1 Å². The van der Waals surface area contributed by atoms with Gasteiger partial charge in [0, 0.05) is 26.2 Å². The maximum absolute atomic E-state index is 13.5. The fourth-order valence-corrected chi connectivity index (χ4v) is 3.31. The van der Waals surface area contributed by atoms with Gasteiger partial charge in [0.15, 0.2) is 4.90 Å². The van der Waals surface area contributed by atoms with E-state index < -0.39 is 31.3 Å². The van der Waals surface area contributed by atoms with Crippen molar-refractivity contribution in [3.05, 3.63) is 34.1 Å². The average Bonchev–Trinajstić information content (AvgIpc) is 2.40. The number of para-hydroxylation sites is 1. The Labute approximate surface area is 121 Å². The number of nitrogens with one attached hydrogen (secondary N) is 1. The normalized spacial score (nSPS) is 17.8. The van der Waals surface area contributed by atoms with E-state index in [-0.39, 0.29) is 0 Å². The van der Waals surface area contributed by atoms with Crippen molar-refractivity contribution in [3.8, 4) is 0 Å². The number of sulfonamides is 1. The van der Waals surface area contributed by atoms with Crippen molar-refractivity contribution < 1.29 is 17.7 Å². The molecule has 1 aromatic rings. The van der Waals surface area contributed by atoms with Crippen LogP contribution in [0.1, 0.15) is 0 Å². The number of likely N-dealkylation sites (N-methyl/N-ethyl adjacent to an activating group) is 1. The third-order valence-corrected chi connectivity index (χ3v) is 4.58. The number of hydrazine groups is 1. The molecule has 1 heterocycles. The Morgan fingerprint density at radius 2 is 1.90 bits per heavy atom. The van der Waals surface area contributed by atoms with E-state index in [0.29, 0.717) is 26.2 Å². The van der Waals surface area contributed by atoms with Gasteiger partial charge in [-0.3, -0.25) is 10.1 Å². The highest BCUT2D eigenvalue weighted by Crippen LogP contribution is 2.26. The van der Waals surface area contributed by atoms with Gasteiger partial charge in [-0.2, -0.15) is 4.39 Å². The Bertz CT molecular complexity index is 644. The zero-order valence-electron chi connectivity index (χ0n) is 11.3. The second kappa shape index (κ2) is 6.02. The molecule has 0 radical (unpaired) electrons. The Balaban J connectivity index is 2.28. The minimum Gasteiger partial charge on any atom is -0.304 e. The van der Waals surface area contributed by atoms with E-state index in [4.69, 9.17) is 0 Å². The van der Waals surface area contributed by atoms with Crippen LogP contribution in [-0.4, -0.2) is 56.5 Å². The van der Waals surface area contributed by atoms with E-state index in [0.717, 1.165) is 18.2 Å². The fourth-order valence-electron chi connectivity index (χ4n) is 2.01. The molecule has 8 nitrogen and oxygen atoms in total. The van der Waals surface area contributed by atoms with Crippen molar-refractivity contribution in [2.75, 3.05) is 33.2 Å². The monoisotopic (exact) mass is 318 g/mol. The fraction of sp³-hybridized carbons (Fsp3) is 0.455. The van der Waals surface area contributed by atoms with E-state index in [2.05, 4.69) is 4.83 Å². The van der Waals surface area contributed by atoms with Crippen LogP contribution in [0.25, 0.3) is 0 Å². The molecule has 1 N–H and O–H groups in total. The van der Waals surface area contributed by atoms with E-state index in [1.807, 2.05) is 11.9 Å². The van der Waals surface area contributed by atoms with Gasteiger partial charge in [-0.1, -0.05) is 6.07 Å². The Hall–Kier alpha value is -1.62. The highest BCUT2D eigenvalue weighted by Gasteiger charge is 2.31. The molecular formula is C11H15FN4O4S. The molecule has 116 valence electrons. The maximum atomic E-state index is 13.5. The zero-order valence-corrected chi connectivity index (χ0v) is 12.1. The summed E-state index contributed by atoms with van der Waals surface area (Å²) in [5, 5.41) is 12.3. The van der Waals surface area contributed by atoms with Crippen LogP contribution in [0.5, 0.6) is 0 Å². The van der Waals surface area contributed by atoms with E-state index >= 15 is 0 Å². The van der Waals surface area contributed by atoms with Gasteiger partial charge in [0.05, 0.1) is 4.92 Å². The van der Waals surface area contributed by atoms with Gasteiger partial charge < -0.3 is 4.90 Å². The standard InChI is InChI=1S/C11H15FN4O4S/c1-14-5-7-15(8-6-14)13-21(19,20)10-4-2-3-9(12)11(10)16(17)18/h2-4,13H,5-8H2,1H3. The summed E-state index contributed by atoms with van der Waals surface area (Å²) in [4.78, 5) is 13.5. The number of benzene rings is 1. The summed E-state index contributed by atoms with van der Waals surface area (Å²) in [6.07, 6.45) is 0. The topological polar surface area (TPSA) is 95.8 Å². The van der Waals surface area contributed by atoms with Crippen molar-refractivity contribution in [1.82, 2.24) is 14.7 Å². The summed E-state index contributed by atoms with van der Waals surface area (Å²) in [5.41, 5.74) is -1.04. The molecule has 21 heavy (non-hydrogen) atoms. The average molecular weight is 318 g/mol. The first kappa shape index (κ1) is 15.8. The van der Waals surface area contributed by atoms with Crippen LogP contribution < -0.4 is 4.83 Å². The number of nitro benzene ring substituents is 1. The van der Waals surface area contributed by atoms with Crippen molar-refractivity contribution in [2.24, 2.45) is 0 Å². The molecule has 0 amide bonds. The summed E-state index contributed by atoms with van der Waals surface area (Å²) >= 11 is 0. The SMILES string of the molecule is CN1CCN(NS(=O)(=O)c2cccc(F)c2[N+](=O)[O-])CC1. The quantitative estimate of drug-likeness (QED) is 0.628. The van der Waals surface area contributed by atoms with Crippen LogP contribution in [-0.2, 0) is 10.0 Å². The van der Waals surface area contributed by atoms with Gasteiger partial charge in [-0.15, -0.1) is 4.83 Å². The van der Waals surface area contributed by atoms with Crippen molar-refractivity contribution in [2.45, 2.75) is 4.90 Å². The summed E-state index contributed by atoms with van der Waals surface area (Å²) < 4.78 is 38.0. The minimum atomic E-state index is -4.20. The van der Waals surface area contributed by atoms with Crippen LogP contribution in [0, 0.1) is 15.9 Å². The summed E-state index contributed by atoms with van der Waals surface area (Å²) in [7, 11) is -2.29. The van der Waals surface area contributed by atoms with Gasteiger partial charge in [0.25, 0.3) is 10.0 Å². The lowest BCUT2D eigenvalue weighted by molar-refractivity contribution is -0.390. The number of halogens is 1. The lowest BCUT2D eigenvalue weighted by atomic mass is 10.3. The molecule has 0 atom stereocenters. The molecule has 10 heteroatoms. The molecule has 0 unspecified atom stereocenters. The zero-order chi connectivity index (χ0) is 15.6. The first-order valence-electron chi connectivity index (χ1n) is 6.20. The molecule has 0 bridgehead atoms. The van der Waals surface area contributed by atoms with Gasteiger partial charge in [-0.25, -0.2) is 13.4 Å². The number of nitro groups is 1. The number of nitrogens with zero attached hydrogens (tertiary/aromatic N) is 3. The Morgan fingerprint density at radius 1 is 1.29 bits per heavy atom. The first-order valence-corrected chi connectivity index (χ1v) is 7.68. The van der Waals surface area contributed by atoms with Crippen molar-refractivity contribution >= 4 is 15.7 Å². The molecule has 0 saturated carbocycles. The number of piperazine rings is 1. The van der Waals surface area contributed by atoms with Crippen molar-refractivity contribution in [3.63, 3.8) is 0 Å². The number of hydrogen-bond donors (Lipinski definition) is 1. The van der Waals surface area contributed by atoms with E-state index in [1.165, 1.54) is 5.01 Å². The van der Waals surface area contributed by atoms with Crippen LogP contribution in [0.2, 0.25) is 0 Å². The third-order valence-electron chi connectivity index (χ3n) is 3.17. The number of rotatable bonds is 4. The lowest BCUT2D eigenvalue weighted by Crippen LogP contribution is -2.52. The highest BCUT2D eigenvalue weighted by atomic mass is 32.2. The predicted molar refractivity (Wildman–Crippen MR) is 72.4 cm³/mol. The van der Waals surface area contributed by atoms with Gasteiger partial charge in [0.1, 0.15) is 0 Å². The summed E-state index contributed by atoms with van der Waals surface area (Å²) in [5.74, 6) is -1.18. The molecule has 0 aliphatic carbocycles. The second-order valence-electron chi connectivity index (χ2n) is 4.73. The van der Waals surface area contributed by atoms with Crippen LogP contribution >= 0.6 is 0 Å². The van der Waals surface area contributed by atoms with Gasteiger partial charge in [0.2, 0.25) is 5.82 Å². The largest absolute Gasteiger partial charge is 0.324 e. The lowest BCUT2D eigenvalue weighted by Gasteiger charge is -2.32. The Morgan fingerprint density at radius 3 is 2.48 bits per heavy atom. The third kappa shape index (κ3) is 3.53. The first-order chi connectivity index (χ1) is 9.81. The molecule has 0 spiro atoms. The molecule has 1 aliphatic heterocycles. The smallest absolute Gasteiger partial charge is 0.304 e. The van der Waals surface area contributed by atoms with Crippen molar-refractivity contribution in [1.29, 1.82) is 0 Å². The molecule has 1 fully saturated rings. The molecule has 1 aliphatic rings. The molecular weight excluding hydrogens is 303 g/mol. The van der Waals surface area contributed by atoms with Crippen LogP contribution in [0.15, 0.2) is 23.1 Å². The molecule has 1 saturated heterocycles. The molecule has 2 rings (SSSR count). The number of hydrogen-bond acceptors (Lipinski definition) is 6. The second-order valence-corrected chi connectivity index (χ2v) is 6.36. The Kier molecular flexibility index (Phi) is 4.52. The summed E-state index contributed by atoms with van der Waals surface area (Å²) in [6, 6.07) is 2.99.